The summed E-state index contributed by atoms with van der Waals surface area (Å²) in [5, 5.41) is 4.04. The molecule has 2 rings (SSSR count). The molecule has 0 unspecified atom stereocenters. The Bertz CT molecular complexity index is 502. The molecule has 2 aromatic rings. The van der Waals surface area contributed by atoms with E-state index in [1.807, 2.05) is 13.0 Å². The van der Waals surface area contributed by atoms with Crippen molar-refractivity contribution in [2.75, 3.05) is 0 Å². The molecule has 0 N–H and O–H groups in total. The Morgan fingerprint density at radius 1 is 1.33 bits per heavy atom. The van der Waals surface area contributed by atoms with Gasteiger partial charge in [-0.3, -0.25) is 14.5 Å². The van der Waals surface area contributed by atoms with E-state index in [2.05, 4.69) is 10.1 Å². The molecule has 76 valence electrons. The molecule has 4 nitrogen and oxygen atoms in total. The zero-order chi connectivity index (χ0) is 10.8. The molecule has 2 heterocycles. The Morgan fingerprint density at radius 2 is 2.13 bits per heavy atom. The van der Waals surface area contributed by atoms with Crippen molar-refractivity contribution in [2.45, 2.75) is 6.92 Å². The molecule has 0 radical (unpaired) electrons. The van der Waals surface area contributed by atoms with Gasteiger partial charge in [0, 0.05) is 19.4 Å². The first-order valence-electron chi connectivity index (χ1n) is 4.64. The van der Waals surface area contributed by atoms with E-state index in [4.69, 9.17) is 0 Å². The van der Waals surface area contributed by atoms with Gasteiger partial charge in [-0.25, -0.2) is 0 Å². The van der Waals surface area contributed by atoms with Gasteiger partial charge in [-0.1, -0.05) is 0 Å². The van der Waals surface area contributed by atoms with Gasteiger partial charge in [0.2, 0.25) is 5.78 Å². The highest BCUT2D eigenvalue weighted by molar-refractivity contribution is 6.06. The monoisotopic (exact) mass is 201 g/mol. The lowest BCUT2D eigenvalue weighted by molar-refractivity contribution is 0.102. The number of aromatic nitrogens is 3. The van der Waals surface area contributed by atoms with Gasteiger partial charge in [0.05, 0.1) is 0 Å². The highest BCUT2D eigenvalue weighted by Gasteiger charge is 2.12. The van der Waals surface area contributed by atoms with Crippen molar-refractivity contribution >= 4 is 5.78 Å². The molecule has 0 aliphatic heterocycles. The highest BCUT2D eigenvalue weighted by atomic mass is 16.1. The maximum atomic E-state index is 11.9. The number of carbonyl (C=O) groups is 1. The summed E-state index contributed by atoms with van der Waals surface area (Å²) in [5.74, 6) is -0.140. The van der Waals surface area contributed by atoms with E-state index < -0.39 is 0 Å². The second kappa shape index (κ2) is 3.65. The molecule has 0 atom stereocenters. The van der Waals surface area contributed by atoms with Crippen LogP contribution in [0.2, 0.25) is 0 Å². The lowest BCUT2D eigenvalue weighted by Crippen LogP contribution is -2.05. The number of rotatable bonds is 2. The van der Waals surface area contributed by atoms with Crippen LogP contribution in [0.3, 0.4) is 0 Å². The maximum Gasteiger partial charge on any atom is 0.231 e. The fraction of sp³-hybridized carbons (Fsp3) is 0.182. The lowest BCUT2D eigenvalue weighted by atomic mass is 10.1. The van der Waals surface area contributed by atoms with Gasteiger partial charge >= 0.3 is 0 Å². The molecular formula is C11H11N3O. The van der Waals surface area contributed by atoms with E-state index in [1.54, 1.807) is 36.3 Å². The maximum absolute atomic E-state index is 11.9. The van der Waals surface area contributed by atoms with Crippen LogP contribution >= 0.6 is 0 Å². The van der Waals surface area contributed by atoms with E-state index in [9.17, 15) is 4.79 Å². The molecule has 0 amide bonds. The van der Waals surface area contributed by atoms with Gasteiger partial charge < -0.3 is 0 Å². The van der Waals surface area contributed by atoms with Gasteiger partial charge in [-0.2, -0.15) is 5.10 Å². The van der Waals surface area contributed by atoms with E-state index >= 15 is 0 Å². The Kier molecular flexibility index (Phi) is 2.33. The lowest BCUT2D eigenvalue weighted by Gasteiger charge is -1.97. The highest BCUT2D eigenvalue weighted by Crippen LogP contribution is 2.06. The van der Waals surface area contributed by atoms with Crippen molar-refractivity contribution in [3.05, 3.63) is 47.5 Å². The molecule has 4 heteroatoms. The predicted octanol–water partition coefficient (Wildman–Crippen LogP) is 1.35. The van der Waals surface area contributed by atoms with Crippen LogP contribution in [0.4, 0.5) is 0 Å². The Hall–Kier alpha value is -1.97. The first-order valence-corrected chi connectivity index (χ1v) is 4.64. The number of pyridine rings is 1. The number of hydrogen-bond donors (Lipinski definition) is 0. The topological polar surface area (TPSA) is 47.8 Å². The van der Waals surface area contributed by atoms with Crippen LogP contribution in [-0.2, 0) is 7.05 Å². The van der Waals surface area contributed by atoms with E-state index in [0.29, 0.717) is 11.4 Å². The van der Waals surface area contributed by atoms with Crippen LogP contribution in [-0.4, -0.2) is 20.5 Å². The van der Waals surface area contributed by atoms with E-state index in [1.165, 1.54) is 0 Å². The summed E-state index contributed by atoms with van der Waals surface area (Å²) in [6, 6.07) is 5.30. The third kappa shape index (κ3) is 1.93. The van der Waals surface area contributed by atoms with Crippen molar-refractivity contribution in [2.24, 2.45) is 7.05 Å². The second-order valence-electron chi connectivity index (χ2n) is 3.42. The summed E-state index contributed by atoms with van der Waals surface area (Å²) >= 11 is 0. The molecular weight excluding hydrogens is 190 g/mol. The minimum Gasteiger partial charge on any atom is -0.285 e. The van der Waals surface area contributed by atoms with Gasteiger partial charge in [-0.05, 0) is 30.7 Å². The van der Waals surface area contributed by atoms with Gasteiger partial charge in [0.15, 0.2) is 0 Å². The van der Waals surface area contributed by atoms with Crippen LogP contribution in [0.25, 0.3) is 0 Å². The fourth-order valence-electron chi connectivity index (χ4n) is 1.33. The average molecular weight is 201 g/mol. The molecule has 0 spiro atoms. The Labute approximate surface area is 87.6 Å². The van der Waals surface area contributed by atoms with Crippen LogP contribution in [0.15, 0.2) is 30.6 Å². The minimum absolute atomic E-state index is 0.140. The summed E-state index contributed by atoms with van der Waals surface area (Å²) in [4.78, 5) is 15.9. The molecule has 0 aliphatic rings. The van der Waals surface area contributed by atoms with Crippen molar-refractivity contribution in [3.63, 3.8) is 0 Å². The Morgan fingerprint density at radius 3 is 2.73 bits per heavy atom. The summed E-state index contributed by atoms with van der Waals surface area (Å²) in [6.07, 6.45) is 3.37. The first kappa shape index (κ1) is 9.58. The van der Waals surface area contributed by atoms with Gasteiger partial charge in [-0.15, -0.1) is 0 Å². The molecule has 0 bridgehead atoms. The van der Waals surface area contributed by atoms with Gasteiger partial charge in [0.25, 0.3) is 0 Å². The molecule has 0 aliphatic carbocycles. The number of ketones is 1. The number of nitrogens with zero attached hydrogens (tertiary/aromatic N) is 3. The van der Waals surface area contributed by atoms with Gasteiger partial charge in [0.1, 0.15) is 11.4 Å². The zero-order valence-electron chi connectivity index (χ0n) is 8.64. The third-order valence-electron chi connectivity index (χ3n) is 2.09. The molecule has 2 aromatic heterocycles. The molecule has 0 aromatic carbocycles. The quantitative estimate of drug-likeness (QED) is 0.689. The standard InChI is InChI=1S/C11H11N3O/c1-8-3-5-12-10(7-8)11(15)9-4-6-14(2)13-9/h3-7H,1-2H3. The second-order valence-corrected chi connectivity index (χ2v) is 3.42. The van der Waals surface area contributed by atoms with E-state index in [-0.39, 0.29) is 5.78 Å². The van der Waals surface area contributed by atoms with Crippen LogP contribution in [0.1, 0.15) is 21.7 Å². The summed E-state index contributed by atoms with van der Waals surface area (Å²) < 4.78 is 1.60. The molecule has 15 heavy (non-hydrogen) atoms. The minimum atomic E-state index is -0.140. The molecule has 0 saturated heterocycles. The predicted molar refractivity (Wildman–Crippen MR) is 55.6 cm³/mol. The van der Waals surface area contributed by atoms with Crippen molar-refractivity contribution in [1.29, 1.82) is 0 Å². The molecule has 0 saturated carbocycles. The normalized spacial score (nSPS) is 10.3. The SMILES string of the molecule is Cc1ccnc(C(=O)c2ccn(C)n2)c1. The average Bonchev–Trinajstić information content (AvgIpc) is 2.64. The van der Waals surface area contributed by atoms with Crippen molar-refractivity contribution in [3.8, 4) is 0 Å². The zero-order valence-corrected chi connectivity index (χ0v) is 8.64. The number of carbonyl (C=O) groups excluding carboxylic acids is 1. The fourth-order valence-corrected chi connectivity index (χ4v) is 1.33. The Balaban J connectivity index is 2.36. The van der Waals surface area contributed by atoms with Crippen LogP contribution in [0, 0.1) is 6.92 Å². The molecule has 0 fully saturated rings. The smallest absolute Gasteiger partial charge is 0.231 e. The summed E-state index contributed by atoms with van der Waals surface area (Å²) in [5.41, 5.74) is 1.88. The van der Waals surface area contributed by atoms with Crippen LogP contribution in [0.5, 0.6) is 0 Å². The first-order chi connectivity index (χ1) is 7.16. The van der Waals surface area contributed by atoms with Crippen molar-refractivity contribution < 1.29 is 4.79 Å². The summed E-state index contributed by atoms with van der Waals surface area (Å²) in [7, 11) is 1.78. The number of hydrogen-bond acceptors (Lipinski definition) is 3. The summed E-state index contributed by atoms with van der Waals surface area (Å²) in [6.45, 7) is 1.93. The number of aryl methyl sites for hydroxylation is 2. The van der Waals surface area contributed by atoms with E-state index in [0.717, 1.165) is 5.56 Å². The largest absolute Gasteiger partial charge is 0.285 e. The van der Waals surface area contributed by atoms with Crippen LogP contribution < -0.4 is 0 Å². The third-order valence-corrected chi connectivity index (χ3v) is 2.09. The van der Waals surface area contributed by atoms with Crippen molar-refractivity contribution in [1.82, 2.24) is 14.8 Å².